The molecule has 0 aliphatic carbocycles. The van der Waals surface area contributed by atoms with Gasteiger partial charge >= 0.3 is 6.18 Å². The maximum atomic E-state index is 13.3. The van der Waals surface area contributed by atoms with Gasteiger partial charge in [0.25, 0.3) is 5.91 Å². The number of hydrogen-bond donors (Lipinski definition) is 1. The van der Waals surface area contributed by atoms with Gasteiger partial charge in [-0.2, -0.15) is 13.2 Å². The zero-order valence-corrected chi connectivity index (χ0v) is 21.0. The fourth-order valence-corrected chi connectivity index (χ4v) is 4.95. The highest BCUT2D eigenvalue weighted by molar-refractivity contribution is 8.04. The minimum absolute atomic E-state index is 0.157. The number of fused-ring (bicyclic) bond motifs is 1. The second-order valence-corrected chi connectivity index (χ2v) is 9.63. The van der Waals surface area contributed by atoms with Crippen molar-refractivity contribution in [1.82, 2.24) is 5.32 Å². The summed E-state index contributed by atoms with van der Waals surface area (Å²) in [5.74, 6) is -0.658. The van der Waals surface area contributed by atoms with Crippen LogP contribution in [0.25, 0.3) is 6.08 Å². The number of alkyl halides is 3. The summed E-state index contributed by atoms with van der Waals surface area (Å²) in [4.78, 5) is 30.7. The molecule has 1 aliphatic rings. The molecule has 0 spiro atoms. The van der Waals surface area contributed by atoms with Gasteiger partial charge in [-0.25, -0.2) is 0 Å². The summed E-state index contributed by atoms with van der Waals surface area (Å²) in [5.41, 5.74) is 1.43. The van der Waals surface area contributed by atoms with Gasteiger partial charge in [0.2, 0.25) is 5.91 Å². The summed E-state index contributed by atoms with van der Waals surface area (Å²) in [7, 11) is 1.99. The molecule has 0 radical (unpaired) electrons. The van der Waals surface area contributed by atoms with Crippen molar-refractivity contribution in [2.75, 3.05) is 36.5 Å². The second-order valence-electron chi connectivity index (χ2n) is 8.55. The standard InChI is InChI=1S/C28H26F3N3O2S/c1-33(22-8-3-2-4-9-22)17-7-16-32-26(35)19-34-23-10-5-6-11-24(23)37-25(27(34)36)18-20-12-14-21(15-13-20)28(29,30)31/h2-6,8-15,18H,7,16-17,19H2,1H3,(H,32,35)/b25-18-. The largest absolute Gasteiger partial charge is 0.416 e. The molecule has 0 saturated heterocycles. The van der Waals surface area contributed by atoms with Crippen LogP contribution in [0.3, 0.4) is 0 Å². The molecule has 0 atom stereocenters. The number of amides is 2. The Balaban J connectivity index is 1.41. The quantitative estimate of drug-likeness (QED) is 0.297. The maximum absolute atomic E-state index is 13.3. The van der Waals surface area contributed by atoms with Crippen LogP contribution < -0.4 is 15.1 Å². The number of anilines is 2. The van der Waals surface area contributed by atoms with Crippen molar-refractivity contribution in [3.8, 4) is 0 Å². The molecule has 5 nitrogen and oxygen atoms in total. The van der Waals surface area contributed by atoms with E-state index in [1.54, 1.807) is 18.2 Å². The summed E-state index contributed by atoms with van der Waals surface area (Å²) < 4.78 is 38.7. The monoisotopic (exact) mass is 525 g/mol. The highest BCUT2D eigenvalue weighted by Gasteiger charge is 2.31. The van der Waals surface area contributed by atoms with Crippen LogP contribution in [0.4, 0.5) is 24.5 Å². The van der Waals surface area contributed by atoms with Gasteiger partial charge in [-0.3, -0.25) is 14.5 Å². The van der Waals surface area contributed by atoms with Gasteiger partial charge in [0.05, 0.1) is 16.2 Å². The second kappa shape index (κ2) is 11.6. The number of hydrogen-bond acceptors (Lipinski definition) is 4. The van der Waals surface area contributed by atoms with E-state index >= 15 is 0 Å². The number of carbonyl (C=O) groups excluding carboxylic acids is 2. The third kappa shape index (κ3) is 6.74. The Morgan fingerprint density at radius 1 is 1.00 bits per heavy atom. The minimum Gasteiger partial charge on any atom is -0.375 e. The molecule has 0 fully saturated rings. The number of nitrogens with one attached hydrogen (secondary N) is 1. The van der Waals surface area contributed by atoms with E-state index in [2.05, 4.69) is 10.2 Å². The average molecular weight is 526 g/mol. The summed E-state index contributed by atoms with van der Waals surface area (Å²) in [6.07, 6.45) is -2.15. The predicted molar refractivity (Wildman–Crippen MR) is 141 cm³/mol. The van der Waals surface area contributed by atoms with Gasteiger partial charge in [0.1, 0.15) is 6.54 Å². The fourth-order valence-electron chi connectivity index (χ4n) is 3.89. The number of para-hydroxylation sites is 2. The molecule has 2 amide bonds. The van der Waals surface area contributed by atoms with Crippen LogP contribution >= 0.6 is 11.8 Å². The maximum Gasteiger partial charge on any atom is 0.416 e. The number of halogens is 3. The number of rotatable bonds is 8. The lowest BCUT2D eigenvalue weighted by Gasteiger charge is -2.30. The molecule has 4 rings (SSSR count). The van der Waals surface area contributed by atoms with Gasteiger partial charge in [0, 0.05) is 30.7 Å². The number of carbonyl (C=O) groups is 2. The number of benzene rings is 3. The molecule has 37 heavy (non-hydrogen) atoms. The molecule has 1 aliphatic heterocycles. The van der Waals surface area contributed by atoms with E-state index in [0.29, 0.717) is 22.7 Å². The first-order valence-corrected chi connectivity index (χ1v) is 12.5. The zero-order valence-electron chi connectivity index (χ0n) is 20.2. The summed E-state index contributed by atoms with van der Waals surface area (Å²) in [6.45, 7) is 1.06. The summed E-state index contributed by atoms with van der Waals surface area (Å²) in [6, 6.07) is 21.8. The van der Waals surface area contributed by atoms with Crippen molar-refractivity contribution in [3.63, 3.8) is 0 Å². The van der Waals surface area contributed by atoms with Crippen LogP contribution in [0.1, 0.15) is 17.5 Å². The molecule has 192 valence electrons. The lowest BCUT2D eigenvalue weighted by Crippen LogP contribution is -2.43. The molecule has 3 aromatic rings. The van der Waals surface area contributed by atoms with E-state index in [1.165, 1.54) is 28.8 Å². The minimum atomic E-state index is -4.43. The first-order chi connectivity index (χ1) is 17.7. The summed E-state index contributed by atoms with van der Waals surface area (Å²) in [5, 5.41) is 2.88. The van der Waals surface area contributed by atoms with Gasteiger partial charge in [0.15, 0.2) is 0 Å². The lowest BCUT2D eigenvalue weighted by molar-refractivity contribution is -0.137. The van der Waals surface area contributed by atoms with Crippen molar-refractivity contribution >= 4 is 41.0 Å². The lowest BCUT2D eigenvalue weighted by atomic mass is 10.1. The van der Waals surface area contributed by atoms with Crippen LogP contribution in [-0.4, -0.2) is 38.5 Å². The van der Waals surface area contributed by atoms with Crippen LogP contribution in [0, 0.1) is 0 Å². The molecule has 0 unspecified atom stereocenters. The Bertz CT molecular complexity index is 1280. The first-order valence-electron chi connectivity index (χ1n) is 11.7. The zero-order chi connectivity index (χ0) is 26.4. The van der Waals surface area contributed by atoms with Gasteiger partial charge in [-0.1, -0.05) is 54.2 Å². The molecule has 3 aromatic carbocycles. The topological polar surface area (TPSA) is 52.7 Å². The molecule has 9 heteroatoms. The van der Waals surface area contributed by atoms with E-state index in [-0.39, 0.29) is 18.4 Å². The smallest absolute Gasteiger partial charge is 0.375 e. The van der Waals surface area contributed by atoms with E-state index < -0.39 is 11.7 Å². The van der Waals surface area contributed by atoms with E-state index in [1.807, 2.05) is 49.5 Å². The third-order valence-corrected chi connectivity index (χ3v) is 6.94. The van der Waals surface area contributed by atoms with Crippen LogP contribution in [0.2, 0.25) is 0 Å². The van der Waals surface area contributed by atoms with E-state index in [0.717, 1.165) is 35.7 Å². The number of nitrogens with zero attached hydrogens (tertiary/aromatic N) is 2. The molecule has 0 aromatic heterocycles. The van der Waals surface area contributed by atoms with Crippen molar-refractivity contribution in [1.29, 1.82) is 0 Å². The Kier molecular flexibility index (Phi) is 8.23. The molecule has 1 heterocycles. The third-order valence-electron chi connectivity index (χ3n) is 5.86. The Morgan fingerprint density at radius 2 is 1.68 bits per heavy atom. The normalized spacial score (nSPS) is 14.4. The molecule has 0 bridgehead atoms. The number of thioether (sulfide) groups is 1. The first kappa shape index (κ1) is 26.3. The van der Waals surface area contributed by atoms with Crippen molar-refractivity contribution < 1.29 is 22.8 Å². The van der Waals surface area contributed by atoms with Crippen molar-refractivity contribution in [2.24, 2.45) is 0 Å². The Labute approximate surface area is 218 Å². The van der Waals surface area contributed by atoms with Gasteiger partial charge < -0.3 is 10.2 Å². The van der Waals surface area contributed by atoms with Gasteiger partial charge in [-0.05, 0) is 54.5 Å². The molecule has 1 N–H and O–H groups in total. The summed E-state index contributed by atoms with van der Waals surface area (Å²) >= 11 is 1.23. The Morgan fingerprint density at radius 3 is 2.38 bits per heavy atom. The average Bonchev–Trinajstić information content (AvgIpc) is 2.89. The van der Waals surface area contributed by atoms with E-state index in [4.69, 9.17) is 0 Å². The molecule has 0 saturated carbocycles. The van der Waals surface area contributed by atoms with Crippen molar-refractivity contribution in [2.45, 2.75) is 17.5 Å². The van der Waals surface area contributed by atoms with Gasteiger partial charge in [-0.15, -0.1) is 0 Å². The molecular weight excluding hydrogens is 499 g/mol. The molecular formula is C28H26F3N3O2S. The van der Waals surface area contributed by atoms with Crippen molar-refractivity contribution in [3.05, 3.63) is 94.9 Å². The SMILES string of the molecule is CN(CCCNC(=O)CN1C(=O)/C(=C/c2ccc(C(F)(F)F)cc2)Sc2ccccc21)c1ccccc1. The van der Waals surface area contributed by atoms with E-state index in [9.17, 15) is 22.8 Å². The van der Waals surface area contributed by atoms with Crippen LogP contribution in [-0.2, 0) is 15.8 Å². The van der Waals surface area contributed by atoms with Crippen LogP contribution in [0.15, 0.2) is 88.7 Å². The van der Waals surface area contributed by atoms with Crippen LogP contribution in [0.5, 0.6) is 0 Å². The predicted octanol–water partition coefficient (Wildman–Crippen LogP) is 5.83. The highest BCUT2D eigenvalue weighted by Crippen LogP contribution is 2.42. The Hall–Kier alpha value is -3.72. The fraction of sp³-hybridized carbons (Fsp3) is 0.214. The highest BCUT2D eigenvalue weighted by atomic mass is 32.2.